The maximum atomic E-state index is 12.5. The second-order valence-electron chi connectivity index (χ2n) is 5.66. The van der Waals surface area contributed by atoms with Crippen LogP contribution < -0.4 is 5.73 Å². The zero-order valence-electron chi connectivity index (χ0n) is 12.5. The van der Waals surface area contributed by atoms with E-state index in [9.17, 15) is 4.79 Å². The highest BCUT2D eigenvalue weighted by Gasteiger charge is 2.23. The van der Waals surface area contributed by atoms with E-state index < -0.39 is 0 Å². The molecule has 0 unspecified atom stereocenters. The van der Waals surface area contributed by atoms with Crippen LogP contribution in [-0.2, 0) is 6.42 Å². The van der Waals surface area contributed by atoms with E-state index in [0.717, 1.165) is 43.7 Å². The van der Waals surface area contributed by atoms with E-state index in [0.29, 0.717) is 12.6 Å². The van der Waals surface area contributed by atoms with Gasteiger partial charge in [0.05, 0.1) is 0 Å². The van der Waals surface area contributed by atoms with Crippen LogP contribution in [0.5, 0.6) is 0 Å². The van der Waals surface area contributed by atoms with Crippen LogP contribution in [0.15, 0.2) is 24.3 Å². The molecule has 0 atom stereocenters. The lowest BCUT2D eigenvalue weighted by Crippen LogP contribution is -2.50. The first kappa shape index (κ1) is 15.0. The maximum Gasteiger partial charge on any atom is 0.253 e. The van der Waals surface area contributed by atoms with Gasteiger partial charge in [-0.25, -0.2) is 0 Å². The van der Waals surface area contributed by atoms with E-state index in [4.69, 9.17) is 5.73 Å². The normalized spacial score (nSPS) is 16.7. The Kier molecular flexibility index (Phi) is 5.15. The van der Waals surface area contributed by atoms with Crippen molar-refractivity contribution in [2.24, 2.45) is 5.73 Å². The summed E-state index contributed by atoms with van der Waals surface area (Å²) in [5.41, 5.74) is 7.50. The smallest absolute Gasteiger partial charge is 0.253 e. The van der Waals surface area contributed by atoms with Crippen molar-refractivity contribution in [3.05, 3.63) is 35.4 Å². The summed E-state index contributed by atoms with van der Waals surface area (Å²) in [4.78, 5) is 16.9. The van der Waals surface area contributed by atoms with Crippen molar-refractivity contribution in [3.63, 3.8) is 0 Å². The van der Waals surface area contributed by atoms with Gasteiger partial charge in [0, 0.05) is 37.8 Å². The van der Waals surface area contributed by atoms with E-state index in [1.807, 2.05) is 29.2 Å². The van der Waals surface area contributed by atoms with Gasteiger partial charge in [-0.2, -0.15) is 0 Å². The van der Waals surface area contributed by atoms with Gasteiger partial charge in [-0.3, -0.25) is 9.69 Å². The topological polar surface area (TPSA) is 49.6 Å². The third-order valence-electron chi connectivity index (χ3n) is 3.94. The standard InChI is InChI=1S/C16H25N3O/c1-13(2)18-8-10-19(11-9-18)16(20)15-5-3-4-14(12-15)6-7-17/h3-5,12-13H,6-11,17H2,1-2H3. The Hall–Kier alpha value is -1.39. The average Bonchev–Trinajstić information content (AvgIpc) is 2.47. The van der Waals surface area contributed by atoms with Crippen LogP contribution in [0.25, 0.3) is 0 Å². The zero-order valence-corrected chi connectivity index (χ0v) is 12.5. The molecule has 2 N–H and O–H groups in total. The SMILES string of the molecule is CC(C)N1CCN(C(=O)c2cccc(CCN)c2)CC1. The molecule has 0 radical (unpaired) electrons. The van der Waals surface area contributed by atoms with Crippen LogP contribution in [-0.4, -0.2) is 54.5 Å². The zero-order chi connectivity index (χ0) is 14.5. The van der Waals surface area contributed by atoms with E-state index in [1.54, 1.807) is 0 Å². The summed E-state index contributed by atoms with van der Waals surface area (Å²) < 4.78 is 0. The minimum atomic E-state index is 0.146. The van der Waals surface area contributed by atoms with Crippen molar-refractivity contribution in [2.45, 2.75) is 26.3 Å². The molecule has 2 rings (SSSR count). The lowest BCUT2D eigenvalue weighted by molar-refractivity contribution is 0.0595. The largest absolute Gasteiger partial charge is 0.336 e. The first-order chi connectivity index (χ1) is 9.61. The molecule has 1 amide bonds. The quantitative estimate of drug-likeness (QED) is 0.902. The van der Waals surface area contributed by atoms with Gasteiger partial charge in [0.25, 0.3) is 5.91 Å². The molecule has 110 valence electrons. The van der Waals surface area contributed by atoms with Gasteiger partial charge in [0.1, 0.15) is 0 Å². The summed E-state index contributed by atoms with van der Waals surface area (Å²) in [6, 6.07) is 8.41. The number of hydrogen-bond acceptors (Lipinski definition) is 3. The van der Waals surface area contributed by atoms with Gasteiger partial charge in [-0.1, -0.05) is 12.1 Å². The molecule has 1 aromatic rings. The van der Waals surface area contributed by atoms with Crippen molar-refractivity contribution < 1.29 is 4.79 Å². The van der Waals surface area contributed by atoms with Crippen LogP contribution in [0.3, 0.4) is 0 Å². The molecule has 4 nitrogen and oxygen atoms in total. The van der Waals surface area contributed by atoms with Crippen LogP contribution in [0.2, 0.25) is 0 Å². The fourth-order valence-electron chi connectivity index (χ4n) is 2.65. The third kappa shape index (κ3) is 3.58. The Morgan fingerprint density at radius 3 is 2.55 bits per heavy atom. The van der Waals surface area contributed by atoms with Gasteiger partial charge in [0.15, 0.2) is 0 Å². The first-order valence-electron chi connectivity index (χ1n) is 7.44. The predicted molar refractivity (Wildman–Crippen MR) is 81.8 cm³/mol. The highest BCUT2D eigenvalue weighted by Crippen LogP contribution is 2.12. The number of amides is 1. The van der Waals surface area contributed by atoms with Crippen molar-refractivity contribution in [1.29, 1.82) is 0 Å². The number of carbonyl (C=O) groups excluding carboxylic acids is 1. The Morgan fingerprint density at radius 2 is 1.95 bits per heavy atom. The minimum absolute atomic E-state index is 0.146. The van der Waals surface area contributed by atoms with E-state index in [1.165, 1.54) is 0 Å². The fraction of sp³-hybridized carbons (Fsp3) is 0.562. The molecule has 0 bridgehead atoms. The number of nitrogens with zero attached hydrogens (tertiary/aromatic N) is 2. The molecule has 1 aromatic carbocycles. The van der Waals surface area contributed by atoms with E-state index in [-0.39, 0.29) is 5.91 Å². The lowest BCUT2D eigenvalue weighted by atomic mass is 10.1. The van der Waals surface area contributed by atoms with E-state index in [2.05, 4.69) is 18.7 Å². The summed E-state index contributed by atoms with van der Waals surface area (Å²) >= 11 is 0. The Morgan fingerprint density at radius 1 is 1.25 bits per heavy atom. The van der Waals surface area contributed by atoms with Crippen LogP contribution in [0.4, 0.5) is 0 Å². The average molecular weight is 275 g/mol. The fourth-order valence-corrected chi connectivity index (χ4v) is 2.65. The summed E-state index contributed by atoms with van der Waals surface area (Å²) in [6.45, 7) is 8.58. The molecule has 1 aliphatic rings. The Balaban J connectivity index is 2.00. The lowest BCUT2D eigenvalue weighted by Gasteiger charge is -2.37. The molecule has 0 spiro atoms. The van der Waals surface area contributed by atoms with Crippen LogP contribution in [0.1, 0.15) is 29.8 Å². The van der Waals surface area contributed by atoms with Crippen LogP contribution >= 0.6 is 0 Å². The molecule has 0 aliphatic carbocycles. The third-order valence-corrected chi connectivity index (χ3v) is 3.94. The molecular weight excluding hydrogens is 250 g/mol. The molecule has 0 aromatic heterocycles. The number of benzene rings is 1. The second kappa shape index (κ2) is 6.86. The highest BCUT2D eigenvalue weighted by molar-refractivity contribution is 5.94. The highest BCUT2D eigenvalue weighted by atomic mass is 16.2. The Labute approximate surface area is 121 Å². The molecular formula is C16H25N3O. The van der Waals surface area contributed by atoms with Crippen molar-refractivity contribution in [1.82, 2.24) is 9.80 Å². The van der Waals surface area contributed by atoms with Crippen LogP contribution in [0, 0.1) is 0 Å². The molecule has 1 fully saturated rings. The summed E-state index contributed by atoms with van der Waals surface area (Å²) in [5.74, 6) is 0.146. The summed E-state index contributed by atoms with van der Waals surface area (Å²) in [5, 5.41) is 0. The molecule has 4 heteroatoms. The Bertz CT molecular complexity index is 451. The molecule has 20 heavy (non-hydrogen) atoms. The van der Waals surface area contributed by atoms with Gasteiger partial charge in [-0.05, 0) is 44.5 Å². The number of piperazine rings is 1. The number of rotatable bonds is 4. The maximum absolute atomic E-state index is 12.5. The van der Waals surface area contributed by atoms with Gasteiger partial charge in [-0.15, -0.1) is 0 Å². The number of carbonyl (C=O) groups is 1. The second-order valence-corrected chi connectivity index (χ2v) is 5.66. The number of nitrogens with two attached hydrogens (primary N) is 1. The van der Waals surface area contributed by atoms with Gasteiger partial charge in [0.2, 0.25) is 0 Å². The molecule has 1 aliphatic heterocycles. The van der Waals surface area contributed by atoms with E-state index >= 15 is 0 Å². The summed E-state index contributed by atoms with van der Waals surface area (Å²) in [7, 11) is 0. The predicted octanol–water partition coefficient (Wildman–Crippen LogP) is 1.35. The summed E-state index contributed by atoms with van der Waals surface area (Å²) in [6.07, 6.45) is 0.822. The molecule has 1 saturated heterocycles. The monoisotopic (exact) mass is 275 g/mol. The van der Waals surface area contributed by atoms with Crippen molar-refractivity contribution in [3.8, 4) is 0 Å². The van der Waals surface area contributed by atoms with Gasteiger partial charge < -0.3 is 10.6 Å². The first-order valence-corrected chi connectivity index (χ1v) is 7.44. The van der Waals surface area contributed by atoms with Crippen molar-refractivity contribution >= 4 is 5.91 Å². The number of hydrogen-bond donors (Lipinski definition) is 1. The molecule has 0 saturated carbocycles. The minimum Gasteiger partial charge on any atom is -0.336 e. The van der Waals surface area contributed by atoms with Crippen molar-refractivity contribution in [2.75, 3.05) is 32.7 Å². The van der Waals surface area contributed by atoms with Gasteiger partial charge >= 0.3 is 0 Å². The molecule has 1 heterocycles.